The standard InChI is InChI=1S/C26H41N.ClH/c1-19-6-9-23(21-10-12-27(13-11-21)17-20-7-8-20)24(14-19)22-15-25(2,3)18-26(4,5)16-22;/h6,9,14,20-22H,7-8,10-13,15-18H2,1-5H3;1H. The predicted molar refractivity (Wildman–Crippen MR) is 124 cm³/mol. The Balaban J connectivity index is 0.00000225. The average molecular weight is 404 g/mol. The zero-order chi connectivity index (χ0) is 19.2. The maximum Gasteiger partial charge on any atom is 0.000967 e. The van der Waals surface area contributed by atoms with Crippen LogP contribution in [0.2, 0.25) is 0 Å². The molecule has 0 unspecified atom stereocenters. The molecule has 0 amide bonds. The van der Waals surface area contributed by atoms with Crippen LogP contribution in [-0.2, 0) is 0 Å². The van der Waals surface area contributed by atoms with E-state index in [0.29, 0.717) is 10.8 Å². The number of piperidine rings is 1. The number of halogens is 1. The van der Waals surface area contributed by atoms with Crippen LogP contribution in [0.3, 0.4) is 0 Å². The smallest absolute Gasteiger partial charge is 0.000967 e. The minimum atomic E-state index is 0. The van der Waals surface area contributed by atoms with Crippen LogP contribution in [0.4, 0.5) is 0 Å². The highest BCUT2D eigenvalue weighted by Crippen LogP contribution is 2.53. The second kappa shape index (κ2) is 8.31. The highest BCUT2D eigenvalue weighted by atomic mass is 35.5. The Hall–Kier alpha value is -0.530. The van der Waals surface area contributed by atoms with Gasteiger partial charge in [0.15, 0.2) is 0 Å². The second-order valence-electron chi connectivity index (χ2n) is 11.8. The summed E-state index contributed by atoms with van der Waals surface area (Å²) in [5.41, 5.74) is 5.77. The summed E-state index contributed by atoms with van der Waals surface area (Å²) >= 11 is 0. The molecule has 3 fully saturated rings. The van der Waals surface area contributed by atoms with Gasteiger partial charge in [0.2, 0.25) is 0 Å². The maximum absolute atomic E-state index is 2.74. The van der Waals surface area contributed by atoms with Gasteiger partial charge in [0.25, 0.3) is 0 Å². The summed E-state index contributed by atoms with van der Waals surface area (Å²) in [6.45, 7) is 16.3. The molecule has 0 radical (unpaired) electrons. The fourth-order valence-electron chi connectivity index (χ4n) is 6.58. The minimum absolute atomic E-state index is 0. The van der Waals surface area contributed by atoms with Crippen molar-refractivity contribution in [3.63, 3.8) is 0 Å². The van der Waals surface area contributed by atoms with E-state index in [4.69, 9.17) is 0 Å². The number of rotatable bonds is 4. The Morgan fingerprint density at radius 1 is 0.857 bits per heavy atom. The van der Waals surface area contributed by atoms with E-state index in [2.05, 4.69) is 57.7 Å². The molecule has 1 aromatic rings. The number of benzene rings is 1. The number of nitrogens with zero attached hydrogens (tertiary/aromatic N) is 1. The molecule has 3 aliphatic rings. The van der Waals surface area contributed by atoms with E-state index < -0.39 is 0 Å². The first-order valence-electron chi connectivity index (χ1n) is 11.5. The summed E-state index contributed by atoms with van der Waals surface area (Å²) < 4.78 is 0. The molecule has 0 N–H and O–H groups in total. The highest BCUT2D eigenvalue weighted by molar-refractivity contribution is 5.85. The molecule has 2 saturated carbocycles. The first-order chi connectivity index (χ1) is 12.7. The van der Waals surface area contributed by atoms with Gasteiger partial charge in [-0.1, -0.05) is 51.5 Å². The van der Waals surface area contributed by atoms with Crippen LogP contribution in [0, 0.1) is 23.7 Å². The average Bonchev–Trinajstić information content (AvgIpc) is 3.37. The molecule has 28 heavy (non-hydrogen) atoms. The van der Waals surface area contributed by atoms with Crippen molar-refractivity contribution < 1.29 is 0 Å². The van der Waals surface area contributed by atoms with Crippen LogP contribution in [0.1, 0.15) is 101 Å². The van der Waals surface area contributed by atoms with E-state index in [1.807, 2.05) is 0 Å². The molecule has 1 nitrogen and oxygen atoms in total. The lowest BCUT2D eigenvalue weighted by Crippen LogP contribution is -2.35. The van der Waals surface area contributed by atoms with Crippen LogP contribution >= 0.6 is 12.4 Å². The van der Waals surface area contributed by atoms with Gasteiger partial charge in [0, 0.05) is 6.54 Å². The van der Waals surface area contributed by atoms with Crippen LogP contribution in [-0.4, -0.2) is 24.5 Å². The fraction of sp³-hybridized carbons (Fsp3) is 0.769. The second-order valence-corrected chi connectivity index (χ2v) is 11.8. The summed E-state index contributed by atoms with van der Waals surface area (Å²) in [5, 5.41) is 0. The third-order valence-corrected chi connectivity index (χ3v) is 7.48. The predicted octanol–water partition coefficient (Wildman–Crippen LogP) is 7.33. The Kier molecular flexibility index (Phi) is 6.57. The van der Waals surface area contributed by atoms with Crippen molar-refractivity contribution >= 4 is 12.4 Å². The molecule has 1 heterocycles. The number of hydrogen-bond acceptors (Lipinski definition) is 1. The van der Waals surface area contributed by atoms with Gasteiger partial charge in [-0.15, -0.1) is 12.4 Å². The molecule has 2 aliphatic carbocycles. The van der Waals surface area contributed by atoms with Crippen molar-refractivity contribution in [3.8, 4) is 0 Å². The van der Waals surface area contributed by atoms with E-state index in [9.17, 15) is 0 Å². The Bertz CT molecular complexity index is 649. The topological polar surface area (TPSA) is 3.24 Å². The van der Waals surface area contributed by atoms with Crippen molar-refractivity contribution in [1.29, 1.82) is 0 Å². The summed E-state index contributed by atoms with van der Waals surface area (Å²) in [5.74, 6) is 2.55. The van der Waals surface area contributed by atoms with E-state index in [1.54, 1.807) is 11.1 Å². The molecule has 1 aromatic carbocycles. The lowest BCUT2D eigenvalue weighted by molar-refractivity contribution is 0.0962. The van der Waals surface area contributed by atoms with Crippen LogP contribution in [0.5, 0.6) is 0 Å². The van der Waals surface area contributed by atoms with E-state index in [0.717, 1.165) is 17.8 Å². The Labute approximate surface area is 180 Å². The fourth-order valence-corrected chi connectivity index (χ4v) is 6.58. The molecular weight excluding hydrogens is 362 g/mol. The molecule has 4 rings (SSSR count). The third-order valence-electron chi connectivity index (χ3n) is 7.48. The zero-order valence-corrected chi connectivity index (χ0v) is 19.7. The molecule has 0 bridgehead atoms. The molecule has 2 heteroatoms. The number of hydrogen-bond donors (Lipinski definition) is 0. The SMILES string of the molecule is Cc1ccc(C2CCN(CC3CC3)CC2)c(C2CC(C)(C)CC(C)(C)C2)c1.Cl. The molecule has 0 spiro atoms. The first kappa shape index (κ1) is 22.2. The van der Waals surface area contributed by atoms with Crippen molar-refractivity contribution in [2.45, 2.75) is 91.4 Å². The largest absolute Gasteiger partial charge is 0.303 e. The van der Waals surface area contributed by atoms with Crippen molar-refractivity contribution in [3.05, 3.63) is 34.9 Å². The van der Waals surface area contributed by atoms with Gasteiger partial charge in [-0.2, -0.15) is 0 Å². The van der Waals surface area contributed by atoms with Gasteiger partial charge in [0.1, 0.15) is 0 Å². The van der Waals surface area contributed by atoms with E-state index in [-0.39, 0.29) is 12.4 Å². The molecule has 158 valence electrons. The molecular formula is C26H42ClN. The van der Waals surface area contributed by atoms with E-state index in [1.165, 1.54) is 70.1 Å². The summed E-state index contributed by atoms with van der Waals surface area (Å²) in [4.78, 5) is 2.74. The maximum atomic E-state index is 2.74. The van der Waals surface area contributed by atoms with Crippen molar-refractivity contribution in [2.24, 2.45) is 16.7 Å². The zero-order valence-electron chi connectivity index (χ0n) is 18.9. The number of aryl methyl sites for hydroxylation is 1. The van der Waals surface area contributed by atoms with Crippen LogP contribution in [0.25, 0.3) is 0 Å². The van der Waals surface area contributed by atoms with Gasteiger partial charge in [-0.05, 0) is 105 Å². The van der Waals surface area contributed by atoms with Gasteiger partial charge >= 0.3 is 0 Å². The summed E-state index contributed by atoms with van der Waals surface area (Å²) in [6.07, 6.45) is 9.76. The molecule has 0 atom stereocenters. The van der Waals surface area contributed by atoms with Crippen molar-refractivity contribution in [1.82, 2.24) is 4.90 Å². The Morgan fingerprint density at radius 2 is 1.46 bits per heavy atom. The third kappa shape index (κ3) is 5.33. The normalized spacial score (nSPS) is 26.0. The van der Waals surface area contributed by atoms with Gasteiger partial charge < -0.3 is 4.90 Å². The lowest BCUT2D eigenvalue weighted by atomic mass is 9.59. The molecule has 1 saturated heterocycles. The number of likely N-dealkylation sites (tertiary alicyclic amines) is 1. The monoisotopic (exact) mass is 403 g/mol. The van der Waals surface area contributed by atoms with Crippen molar-refractivity contribution in [2.75, 3.05) is 19.6 Å². The van der Waals surface area contributed by atoms with E-state index >= 15 is 0 Å². The minimum Gasteiger partial charge on any atom is -0.303 e. The summed E-state index contributed by atoms with van der Waals surface area (Å²) in [7, 11) is 0. The van der Waals surface area contributed by atoms with Gasteiger partial charge in [-0.3, -0.25) is 0 Å². The summed E-state index contributed by atoms with van der Waals surface area (Å²) in [6, 6.07) is 7.42. The van der Waals surface area contributed by atoms with Gasteiger partial charge in [0.05, 0.1) is 0 Å². The highest BCUT2D eigenvalue weighted by Gasteiger charge is 2.40. The van der Waals surface area contributed by atoms with Crippen LogP contribution in [0.15, 0.2) is 18.2 Å². The quantitative estimate of drug-likeness (QED) is 0.508. The Morgan fingerprint density at radius 3 is 2.04 bits per heavy atom. The first-order valence-corrected chi connectivity index (χ1v) is 11.5. The lowest BCUT2D eigenvalue weighted by Gasteiger charge is -2.46. The van der Waals surface area contributed by atoms with Gasteiger partial charge in [-0.25, -0.2) is 0 Å². The molecule has 1 aliphatic heterocycles. The molecule has 0 aromatic heterocycles. The van der Waals surface area contributed by atoms with Crippen LogP contribution < -0.4 is 0 Å².